The molecule has 0 saturated heterocycles. The van der Waals surface area contributed by atoms with Crippen molar-refractivity contribution in [2.75, 3.05) is 4.93 Å². The molecule has 0 aliphatic heterocycles. The summed E-state index contributed by atoms with van der Waals surface area (Å²) in [7, 11) is 0. The first-order chi connectivity index (χ1) is 2.27. The van der Waals surface area contributed by atoms with E-state index in [-0.39, 0.29) is 0 Å². The zero-order valence-electron chi connectivity index (χ0n) is 2.94. The average molecular weight is 185 g/mol. The molecule has 0 fully saturated rings. The summed E-state index contributed by atoms with van der Waals surface area (Å²) in [4.78, 5) is 1.79. The van der Waals surface area contributed by atoms with Crippen LogP contribution in [0.2, 0.25) is 0 Å². The maximum atomic E-state index is 9.45. The zero-order valence-corrected chi connectivity index (χ0v) is 5.10. The molecule has 0 aromatic carbocycles. The predicted octanol–water partition coefficient (Wildman–Crippen LogP) is -0.0390. The summed E-state index contributed by atoms with van der Waals surface area (Å²) in [6.07, 6.45) is 0. The van der Waals surface area contributed by atoms with E-state index in [4.69, 9.17) is 3.95 Å². The second-order valence-electron chi connectivity index (χ2n) is 0.652. The number of hydrogen-bond acceptors (Lipinski definition) is 2. The normalized spacial score (nSPS) is 9.60. The Morgan fingerprint density at radius 2 is 2.20 bits per heavy atom. The van der Waals surface area contributed by atoms with Crippen LogP contribution in [-0.4, -0.2) is 9.94 Å². The molecule has 0 amide bonds. The van der Waals surface area contributed by atoms with Crippen molar-refractivity contribution in [1.82, 2.24) is 0 Å². The SMILES string of the molecule is CI(N)B=O. The summed E-state index contributed by atoms with van der Waals surface area (Å²) in [6.45, 7) is 0. The molecule has 0 atom stereocenters. The first-order valence-corrected chi connectivity index (χ1v) is 5.70. The van der Waals surface area contributed by atoms with E-state index in [2.05, 4.69) is 0 Å². The Bertz CT molecular complexity index is 38.6. The van der Waals surface area contributed by atoms with Crippen LogP contribution in [0.4, 0.5) is 0 Å². The molecular weight excluding hydrogens is 180 g/mol. The Balaban J connectivity index is 2.83. The molecule has 2 nitrogen and oxygen atoms in total. The van der Waals surface area contributed by atoms with Gasteiger partial charge >= 0.3 is 38.5 Å². The van der Waals surface area contributed by atoms with Gasteiger partial charge in [0.15, 0.2) is 0 Å². The fourth-order valence-electron chi connectivity index (χ4n) is 0. The van der Waals surface area contributed by atoms with Crippen molar-refractivity contribution < 1.29 is 4.70 Å². The van der Waals surface area contributed by atoms with E-state index in [1.165, 1.54) is 0 Å². The van der Waals surface area contributed by atoms with Gasteiger partial charge in [-0.3, -0.25) is 0 Å². The molecule has 30 valence electrons. The van der Waals surface area contributed by atoms with Crippen LogP contribution in [0.5, 0.6) is 0 Å². The molecule has 0 aliphatic carbocycles. The van der Waals surface area contributed by atoms with Crippen molar-refractivity contribution >= 4 is 24.9 Å². The summed E-state index contributed by atoms with van der Waals surface area (Å²) in [5.41, 5.74) is 0. The van der Waals surface area contributed by atoms with Crippen molar-refractivity contribution in [3.63, 3.8) is 0 Å². The van der Waals surface area contributed by atoms with Crippen LogP contribution in [0.25, 0.3) is 0 Å². The van der Waals surface area contributed by atoms with Gasteiger partial charge in [-0.15, -0.1) is 0 Å². The molecule has 0 saturated carbocycles. The topological polar surface area (TPSA) is 43.1 Å². The van der Waals surface area contributed by atoms with Crippen molar-refractivity contribution in [2.45, 2.75) is 0 Å². The van der Waals surface area contributed by atoms with Crippen molar-refractivity contribution in [3.05, 3.63) is 0 Å². The molecular formula is CH5BINO. The molecule has 5 heavy (non-hydrogen) atoms. The van der Waals surface area contributed by atoms with Gasteiger partial charge < -0.3 is 0 Å². The molecule has 0 heterocycles. The first kappa shape index (κ1) is 5.55. The van der Waals surface area contributed by atoms with Crippen LogP contribution in [0, 0.1) is 0 Å². The molecule has 0 spiro atoms. The predicted molar refractivity (Wildman–Crippen MR) is 30.6 cm³/mol. The summed E-state index contributed by atoms with van der Waals surface area (Å²) in [6, 6.07) is 0. The van der Waals surface area contributed by atoms with E-state index in [0.717, 1.165) is 5.01 Å². The van der Waals surface area contributed by atoms with Gasteiger partial charge in [0.1, 0.15) is 0 Å². The minimum absolute atomic E-state index is 0.851. The van der Waals surface area contributed by atoms with E-state index < -0.39 is 19.9 Å². The monoisotopic (exact) mass is 185 g/mol. The fourth-order valence-corrected chi connectivity index (χ4v) is 0. The second-order valence-corrected chi connectivity index (χ2v) is 4.37. The zero-order chi connectivity index (χ0) is 4.28. The Kier molecular flexibility index (Phi) is 3.08. The molecule has 0 radical (unpaired) electrons. The van der Waals surface area contributed by atoms with E-state index in [1.54, 1.807) is 4.93 Å². The van der Waals surface area contributed by atoms with Crippen LogP contribution in [0.15, 0.2) is 0 Å². The van der Waals surface area contributed by atoms with Gasteiger partial charge in [-0.05, 0) is 0 Å². The number of halogens is 1. The molecule has 0 aromatic heterocycles. The van der Waals surface area contributed by atoms with Gasteiger partial charge in [0.2, 0.25) is 0 Å². The third kappa shape index (κ3) is 4.55. The van der Waals surface area contributed by atoms with Gasteiger partial charge in [0.25, 0.3) is 0 Å². The third-order valence-corrected chi connectivity index (χ3v) is 0.943. The molecule has 0 aliphatic rings. The number of rotatable bonds is 1. The summed E-state index contributed by atoms with van der Waals surface area (Å²) < 4.78 is 14.5. The number of nitrogens with two attached hydrogens (primary N) is 1. The fraction of sp³-hybridized carbons (Fsp3) is 1.00. The molecule has 0 bridgehead atoms. The number of hydrogen-bond donors (Lipinski definition) is 1. The molecule has 0 unspecified atom stereocenters. The minimum atomic E-state index is -1.46. The van der Waals surface area contributed by atoms with Gasteiger partial charge in [0, 0.05) is 0 Å². The first-order valence-electron chi connectivity index (χ1n) is 1.05. The van der Waals surface area contributed by atoms with Crippen LogP contribution >= 0.6 is 19.9 Å². The van der Waals surface area contributed by atoms with Crippen LogP contribution in [0.3, 0.4) is 0 Å². The maximum absolute atomic E-state index is 9.45. The Morgan fingerprint density at radius 1 is 2.00 bits per heavy atom. The standard InChI is InChI=1S/CH5BINO/c1-3(4)2-5/h4H2,1H3. The van der Waals surface area contributed by atoms with Gasteiger partial charge in [-0.25, -0.2) is 0 Å². The van der Waals surface area contributed by atoms with Crippen molar-refractivity contribution in [1.29, 1.82) is 0 Å². The van der Waals surface area contributed by atoms with Crippen LogP contribution < -0.4 is 3.95 Å². The Labute approximate surface area is 38.8 Å². The summed E-state index contributed by atoms with van der Waals surface area (Å²) in [5.74, 6) is 0. The van der Waals surface area contributed by atoms with Crippen LogP contribution in [-0.2, 0) is 4.70 Å². The van der Waals surface area contributed by atoms with E-state index in [0.29, 0.717) is 0 Å². The summed E-state index contributed by atoms with van der Waals surface area (Å²) >= 11 is -1.46. The summed E-state index contributed by atoms with van der Waals surface area (Å²) in [5, 5.41) is 0.851. The Hall–Kier alpha value is 0.555. The van der Waals surface area contributed by atoms with E-state index in [9.17, 15) is 4.70 Å². The van der Waals surface area contributed by atoms with E-state index >= 15 is 0 Å². The molecule has 0 aromatic rings. The number of alkyl halides is 1. The Morgan fingerprint density at radius 3 is 2.20 bits per heavy atom. The quantitative estimate of drug-likeness (QED) is 0.269. The van der Waals surface area contributed by atoms with E-state index in [1.807, 2.05) is 0 Å². The molecule has 2 N–H and O–H groups in total. The third-order valence-electron chi connectivity index (χ3n) is 0.141. The van der Waals surface area contributed by atoms with Gasteiger partial charge in [0.05, 0.1) is 0 Å². The second kappa shape index (κ2) is 2.77. The molecule has 4 heteroatoms. The van der Waals surface area contributed by atoms with Crippen molar-refractivity contribution in [2.24, 2.45) is 3.95 Å². The average Bonchev–Trinajstić information content (AvgIpc) is 1.38. The van der Waals surface area contributed by atoms with Crippen molar-refractivity contribution in [3.8, 4) is 0 Å². The molecule has 0 rings (SSSR count). The van der Waals surface area contributed by atoms with Crippen LogP contribution in [0.1, 0.15) is 0 Å². The van der Waals surface area contributed by atoms with Gasteiger partial charge in [-0.2, -0.15) is 0 Å². The van der Waals surface area contributed by atoms with Gasteiger partial charge in [-0.1, -0.05) is 0 Å².